The summed E-state index contributed by atoms with van der Waals surface area (Å²) in [7, 11) is 0. The summed E-state index contributed by atoms with van der Waals surface area (Å²) >= 11 is 0. The van der Waals surface area contributed by atoms with Gasteiger partial charge in [0.05, 0.1) is 0 Å². The molecule has 1 aliphatic heterocycles. The van der Waals surface area contributed by atoms with Crippen molar-refractivity contribution in [2.45, 2.75) is 19.3 Å². The number of carbonyl (C=O) groups is 1. The van der Waals surface area contributed by atoms with Gasteiger partial charge in [0.2, 0.25) is 0 Å². The third-order valence-corrected chi connectivity index (χ3v) is 1.79. The van der Waals surface area contributed by atoms with Gasteiger partial charge in [-0.15, -0.1) is 0 Å². The third-order valence-electron chi connectivity index (χ3n) is 1.79. The number of likely N-dealkylation sites (tertiary alicyclic amines) is 1. The van der Waals surface area contributed by atoms with E-state index in [0.29, 0.717) is 10.5 Å². The van der Waals surface area contributed by atoms with Crippen LogP contribution in [0.3, 0.4) is 0 Å². The van der Waals surface area contributed by atoms with Gasteiger partial charge in [0.15, 0.2) is 0 Å². The number of hydrogen-bond acceptors (Lipinski definition) is 2. The Morgan fingerprint density at radius 3 is 2.50 bits per heavy atom. The van der Waals surface area contributed by atoms with Gasteiger partial charge >= 0.3 is 0 Å². The molecule has 0 N–H and O–H groups in total. The van der Waals surface area contributed by atoms with Crippen LogP contribution in [0.15, 0.2) is 30.3 Å². The molecule has 1 saturated heterocycles. The molecule has 0 spiro atoms. The van der Waals surface area contributed by atoms with Gasteiger partial charge in [-0.25, -0.2) is 0 Å². The van der Waals surface area contributed by atoms with Crippen LogP contribution in [0.25, 0.3) is 0 Å². The Balaban J connectivity index is 2.55. The van der Waals surface area contributed by atoms with Gasteiger partial charge < -0.3 is 0 Å². The van der Waals surface area contributed by atoms with Gasteiger partial charge in [-0.05, 0) is 5.56 Å². The first-order chi connectivity index (χ1) is 9.87. The van der Waals surface area contributed by atoms with Crippen LogP contribution in [0.4, 0.5) is 0 Å². The Morgan fingerprint density at radius 2 is 1.86 bits per heavy atom. The molecule has 74 valence electrons. The molecule has 0 amide bonds. The average molecular weight is 197 g/mol. The highest BCUT2D eigenvalue weighted by molar-refractivity contribution is 5.79. The molecule has 1 aromatic carbocycles. The van der Waals surface area contributed by atoms with Gasteiger partial charge in [-0.2, -0.15) is 0 Å². The number of benzene rings is 1. The van der Waals surface area contributed by atoms with Crippen LogP contribution in [0.1, 0.15) is 29.3 Å². The van der Waals surface area contributed by atoms with Crippen LogP contribution in [0.5, 0.6) is 0 Å². The molecule has 0 unspecified atom stereocenters. The predicted octanol–water partition coefficient (Wildman–Crippen LogP) is 1.85. The topological polar surface area (TPSA) is 20.3 Å². The fraction of sp³-hybridized carbons (Fsp3) is 0.417. The zero-order chi connectivity index (χ0) is 17.0. The predicted molar refractivity (Wildman–Crippen MR) is 56.0 cm³/mol. The number of piperidine rings is 1. The van der Waals surface area contributed by atoms with Crippen molar-refractivity contribution in [3.8, 4) is 0 Å². The van der Waals surface area contributed by atoms with Gasteiger partial charge in [0.1, 0.15) is 5.78 Å². The van der Waals surface area contributed by atoms with E-state index in [9.17, 15) is 4.79 Å². The van der Waals surface area contributed by atoms with E-state index < -0.39 is 31.5 Å². The van der Waals surface area contributed by atoms with Crippen molar-refractivity contribution in [2.24, 2.45) is 0 Å². The van der Waals surface area contributed by atoms with Crippen LogP contribution in [-0.4, -0.2) is 23.7 Å². The Kier molecular flexibility index (Phi) is 1.18. The van der Waals surface area contributed by atoms with Crippen LogP contribution >= 0.6 is 0 Å². The van der Waals surface area contributed by atoms with Gasteiger partial charge in [-0.3, -0.25) is 9.69 Å². The molecule has 0 saturated carbocycles. The van der Waals surface area contributed by atoms with Crippen molar-refractivity contribution in [3.05, 3.63) is 35.9 Å². The fourth-order valence-electron chi connectivity index (χ4n) is 1.14. The first kappa shape index (κ1) is 3.78. The van der Waals surface area contributed by atoms with E-state index in [0.717, 1.165) is 0 Å². The molecule has 14 heavy (non-hydrogen) atoms. The lowest BCUT2D eigenvalue weighted by Crippen LogP contribution is -2.33. The number of ketones is 1. The Labute approximate surface area is 95.8 Å². The van der Waals surface area contributed by atoms with Crippen LogP contribution in [0.2, 0.25) is 0 Å². The highest BCUT2D eigenvalue weighted by Crippen LogP contribution is 2.10. The Bertz CT molecular complexity index is 556. The molecule has 0 bridgehead atoms. The van der Waals surface area contributed by atoms with E-state index >= 15 is 0 Å². The van der Waals surface area contributed by atoms with Crippen LogP contribution < -0.4 is 0 Å². The zero-order valence-electron chi connectivity index (χ0n) is 15.4. The summed E-state index contributed by atoms with van der Waals surface area (Å²) in [4.78, 5) is 12.4. The summed E-state index contributed by atoms with van der Waals surface area (Å²) in [6.07, 6.45) is -6.34. The molecule has 2 nitrogen and oxygen atoms in total. The summed E-state index contributed by atoms with van der Waals surface area (Å²) in [5.41, 5.74) is 0.483. The molecule has 0 aliphatic carbocycles. The minimum atomic E-state index is -3.17. The maximum atomic E-state index is 11.9. The highest BCUT2D eigenvalue weighted by Gasteiger charge is 2.15. The maximum absolute atomic E-state index is 11.9. The summed E-state index contributed by atoms with van der Waals surface area (Å²) in [6, 6.07) is 8.20. The molecule has 1 aliphatic rings. The second-order valence-corrected chi connectivity index (χ2v) is 2.87. The number of rotatable bonds is 2. The van der Waals surface area contributed by atoms with Crippen molar-refractivity contribution in [3.63, 3.8) is 0 Å². The minimum absolute atomic E-state index is 0.368. The zero-order valence-corrected chi connectivity index (χ0v) is 7.45. The number of hydrogen-bond donors (Lipinski definition) is 0. The van der Waals surface area contributed by atoms with E-state index in [1.54, 1.807) is 30.3 Å². The lowest BCUT2D eigenvalue weighted by atomic mass is 10.1. The standard InChI is InChI=1S/C12H15NO/c14-12-6-8-13(9-7-12)10-11-4-2-1-3-5-11/h1-5H,6-10H2/i6D2,7D2,8D2,9D2. The third kappa shape index (κ3) is 2.42. The van der Waals surface area contributed by atoms with E-state index in [4.69, 9.17) is 11.0 Å². The fourth-order valence-corrected chi connectivity index (χ4v) is 1.14. The molecule has 0 radical (unpaired) electrons. The summed E-state index contributed by atoms with van der Waals surface area (Å²) in [6.45, 7) is -6.35. The smallest absolute Gasteiger partial charge is 0.135 e. The molecule has 1 heterocycles. The highest BCUT2D eigenvalue weighted by atomic mass is 16.1. The van der Waals surface area contributed by atoms with E-state index in [1.807, 2.05) is 0 Å². The Hall–Kier alpha value is -1.15. The molecule has 0 aromatic heterocycles. The van der Waals surface area contributed by atoms with Crippen molar-refractivity contribution in [2.75, 3.05) is 13.0 Å². The van der Waals surface area contributed by atoms with Crippen molar-refractivity contribution < 1.29 is 15.8 Å². The monoisotopic (exact) mass is 197 g/mol. The van der Waals surface area contributed by atoms with E-state index in [1.165, 1.54) is 0 Å². The molecular formula is C12H15NO. The second kappa shape index (κ2) is 4.38. The van der Waals surface area contributed by atoms with Gasteiger partial charge in [0, 0.05) is 43.3 Å². The number of nitrogens with zero attached hydrogens (tertiary/aromatic N) is 1. The second-order valence-electron chi connectivity index (χ2n) is 2.87. The van der Waals surface area contributed by atoms with E-state index in [-0.39, 0.29) is 6.54 Å². The SMILES string of the molecule is [2H]C1([2H])C(=O)C([2H])([2H])C([2H])([2H])N(Cc2ccccc2)C1([2H])[2H]. The molecule has 0 atom stereocenters. The number of Topliss-reactive ketones (excluding diaryl/α,β-unsaturated/α-hetero) is 1. The van der Waals surface area contributed by atoms with Crippen molar-refractivity contribution in [1.82, 2.24) is 4.90 Å². The summed E-state index contributed by atoms with van der Waals surface area (Å²) < 4.78 is 62.2. The molecule has 1 fully saturated rings. The molecule has 2 rings (SSSR count). The normalized spacial score (nSPS) is 41.3. The Morgan fingerprint density at radius 1 is 1.21 bits per heavy atom. The number of carbonyl (C=O) groups excluding carboxylic acids is 1. The van der Waals surface area contributed by atoms with Crippen LogP contribution in [-0.2, 0) is 11.3 Å². The molecule has 1 aromatic rings. The molecular weight excluding hydrogens is 174 g/mol. The minimum Gasteiger partial charge on any atom is -0.300 e. The largest absolute Gasteiger partial charge is 0.300 e. The lowest BCUT2D eigenvalue weighted by Gasteiger charge is -2.25. The lowest BCUT2D eigenvalue weighted by molar-refractivity contribution is -0.121. The van der Waals surface area contributed by atoms with Crippen LogP contribution in [0, 0.1) is 0 Å². The van der Waals surface area contributed by atoms with Crippen molar-refractivity contribution in [1.29, 1.82) is 0 Å². The molecule has 2 heteroatoms. The first-order valence-electron chi connectivity index (χ1n) is 8.23. The summed E-state index contributed by atoms with van der Waals surface area (Å²) in [5, 5.41) is 0. The van der Waals surface area contributed by atoms with Gasteiger partial charge in [-0.1, -0.05) is 30.3 Å². The average Bonchev–Trinajstić information content (AvgIpc) is 2.43. The quantitative estimate of drug-likeness (QED) is 0.721. The maximum Gasteiger partial charge on any atom is 0.135 e. The van der Waals surface area contributed by atoms with Gasteiger partial charge in [0.25, 0.3) is 0 Å². The van der Waals surface area contributed by atoms with Crippen molar-refractivity contribution >= 4 is 5.78 Å². The van der Waals surface area contributed by atoms with E-state index in [2.05, 4.69) is 0 Å². The summed E-state index contributed by atoms with van der Waals surface area (Å²) in [5.74, 6) is -1.72. The first-order valence-corrected chi connectivity index (χ1v) is 4.23.